The summed E-state index contributed by atoms with van der Waals surface area (Å²) in [4.78, 5) is 18.8. The van der Waals surface area contributed by atoms with Crippen LogP contribution in [0.15, 0.2) is 23.6 Å². The maximum absolute atomic E-state index is 10.9. The van der Waals surface area contributed by atoms with Crippen molar-refractivity contribution >= 4 is 17.7 Å². The van der Waals surface area contributed by atoms with E-state index >= 15 is 0 Å². The van der Waals surface area contributed by atoms with E-state index in [2.05, 4.69) is 9.97 Å². The minimum absolute atomic E-state index is 0.224. The Labute approximate surface area is 80.7 Å². The molecule has 4 nitrogen and oxygen atoms in total. The monoisotopic (exact) mass is 198 g/mol. The lowest BCUT2D eigenvalue weighted by atomic mass is 10.8. The van der Waals surface area contributed by atoms with Gasteiger partial charge in [0.2, 0.25) is 0 Å². The first kappa shape index (κ1) is 9.98. The standard InChI is InChI=1S/C8H10N2O2S/c1-2-12-8(11)6-13-7-5-9-3-4-10-7/h3-5H,2,6H2,1H3. The van der Waals surface area contributed by atoms with Crippen LogP contribution in [0, 0.1) is 0 Å². The fraction of sp³-hybridized carbons (Fsp3) is 0.375. The van der Waals surface area contributed by atoms with Crippen molar-refractivity contribution < 1.29 is 9.53 Å². The molecule has 0 spiro atoms. The Morgan fingerprint density at radius 3 is 3.08 bits per heavy atom. The summed E-state index contributed by atoms with van der Waals surface area (Å²) in [5.41, 5.74) is 0. The molecule has 0 saturated heterocycles. The predicted molar refractivity (Wildman–Crippen MR) is 49.4 cm³/mol. The van der Waals surface area contributed by atoms with Gasteiger partial charge in [-0.1, -0.05) is 11.8 Å². The summed E-state index contributed by atoms with van der Waals surface area (Å²) in [6.45, 7) is 2.20. The Morgan fingerprint density at radius 2 is 2.46 bits per heavy atom. The molecule has 0 saturated carbocycles. The van der Waals surface area contributed by atoms with Crippen LogP contribution in [0.3, 0.4) is 0 Å². The molecule has 13 heavy (non-hydrogen) atoms. The topological polar surface area (TPSA) is 52.1 Å². The van der Waals surface area contributed by atoms with Crippen molar-refractivity contribution in [2.45, 2.75) is 11.9 Å². The largest absolute Gasteiger partial charge is 0.465 e. The third kappa shape index (κ3) is 3.89. The summed E-state index contributed by atoms with van der Waals surface area (Å²) < 4.78 is 4.76. The average molecular weight is 198 g/mol. The fourth-order valence-electron chi connectivity index (χ4n) is 0.695. The zero-order valence-corrected chi connectivity index (χ0v) is 8.08. The van der Waals surface area contributed by atoms with Gasteiger partial charge in [0, 0.05) is 12.4 Å². The van der Waals surface area contributed by atoms with E-state index in [-0.39, 0.29) is 11.7 Å². The first-order valence-corrected chi connectivity index (χ1v) is 4.86. The molecule has 0 fully saturated rings. The van der Waals surface area contributed by atoms with Crippen molar-refractivity contribution in [3.05, 3.63) is 18.6 Å². The summed E-state index contributed by atoms with van der Waals surface area (Å²) in [5.74, 6) is 0.0603. The van der Waals surface area contributed by atoms with Crippen LogP contribution < -0.4 is 0 Å². The van der Waals surface area contributed by atoms with E-state index in [1.54, 1.807) is 25.5 Å². The molecule has 0 N–H and O–H groups in total. The molecular weight excluding hydrogens is 188 g/mol. The molecule has 0 unspecified atom stereocenters. The second kappa shape index (κ2) is 5.53. The Bertz CT molecular complexity index is 266. The molecule has 0 aromatic carbocycles. The zero-order chi connectivity index (χ0) is 9.52. The van der Waals surface area contributed by atoms with Crippen molar-refractivity contribution in [3.8, 4) is 0 Å². The van der Waals surface area contributed by atoms with Crippen LogP contribution in [0.4, 0.5) is 0 Å². The fourth-order valence-corrected chi connectivity index (χ4v) is 1.32. The molecule has 0 aliphatic rings. The van der Waals surface area contributed by atoms with E-state index in [1.165, 1.54) is 11.8 Å². The van der Waals surface area contributed by atoms with Gasteiger partial charge in [-0.15, -0.1) is 0 Å². The third-order valence-corrected chi connectivity index (χ3v) is 2.07. The number of ether oxygens (including phenoxy) is 1. The van der Waals surface area contributed by atoms with E-state index in [0.29, 0.717) is 6.61 Å². The Hall–Kier alpha value is -1.10. The molecule has 0 radical (unpaired) electrons. The summed E-state index contributed by atoms with van der Waals surface area (Å²) in [6, 6.07) is 0. The van der Waals surface area contributed by atoms with E-state index in [0.717, 1.165) is 5.03 Å². The highest BCUT2D eigenvalue weighted by molar-refractivity contribution is 7.99. The Balaban J connectivity index is 2.31. The van der Waals surface area contributed by atoms with Gasteiger partial charge in [0.05, 0.1) is 18.6 Å². The molecule has 5 heteroatoms. The van der Waals surface area contributed by atoms with Crippen LogP contribution in [-0.4, -0.2) is 28.3 Å². The molecule has 0 aliphatic heterocycles. The maximum atomic E-state index is 10.9. The van der Waals surface area contributed by atoms with Gasteiger partial charge in [0.1, 0.15) is 5.03 Å². The Kier molecular flexibility index (Phi) is 4.25. The number of carbonyl (C=O) groups is 1. The zero-order valence-electron chi connectivity index (χ0n) is 7.27. The number of hydrogen-bond donors (Lipinski definition) is 0. The van der Waals surface area contributed by atoms with Gasteiger partial charge in [-0.25, -0.2) is 4.98 Å². The lowest BCUT2D eigenvalue weighted by Gasteiger charge is -1.99. The highest BCUT2D eigenvalue weighted by Crippen LogP contribution is 2.12. The van der Waals surface area contributed by atoms with Crippen LogP contribution in [0.2, 0.25) is 0 Å². The lowest BCUT2D eigenvalue weighted by Crippen LogP contribution is -2.06. The van der Waals surface area contributed by atoms with Crippen molar-refractivity contribution in [2.75, 3.05) is 12.4 Å². The van der Waals surface area contributed by atoms with Crippen LogP contribution >= 0.6 is 11.8 Å². The SMILES string of the molecule is CCOC(=O)CSc1cnccn1. The van der Waals surface area contributed by atoms with Crippen molar-refractivity contribution in [2.24, 2.45) is 0 Å². The molecular formula is C8H10N2O2S. The smallest absolute Gasteiger partial charge is 0.316 e. The maximum Gasteiger partial charge on any atom is 0.316 e. The highest BCUT2D eigenvalue weighted by atomic mass is 32.2. The van der Waals surface area contributed by atoms with Gasteiger partial charge in [0.25, 0.3) is 0 Å². The quantitative estimate of drug-likeness (QED) is 0.536. The second-order valence-corrected chi connectivity index (χ2v) is 3.13. The van der Waals surface area contributed by atoms with Gasteiger partial charge in [-0.3, -0.25) is 9.78 Å². The molecule has 1 heterocycles. The van der Waals surface area contributed by atoms with Crippen LogP contribution in [0.25, 0.3) is 0 Å². The highest BCUT2D eigenvalue weighted by Gasteiger charge is 2.02. The Morgan fingerprint density at radius 1 is 1.62 bits per heavy atom. The lowest BCUT2D eigenvalue weighted by molar-refractivity contribution is -0.139. The van der Waals surface area contributed by atoms with E-state index < -0.39 is 0 Å². The summed E-state index contributed by atoms with van der Waals surface area (Å²) in [6.07, 6.45) is 4.80. The van der Waals surface area contributed by atoms with Gasteiger partial charge in [-0.05, 0) is 6.92 Å². The molecule has 70 valence electrons. The van der Waals surface area contributed by atoms with Gasteiger partial charge in [0.15, 0.2) is 0 Å². The third-order valence-electron chi connectivity index (χ3n) is 1.18. The molecule has 1 aromatic rings. The molecule has 0 atom stereocenters. The molecule has 0 bridgehead atoms. The minimum Gasteiger partial charge on any atom is -0.465 e. The van der Waals surface area contributed by atoms with E-state index in [1.807, 2.05) is 0 Å². The van der Waals surface area contributed by atoms with Crippen LogP contribution in [-0.2, 0) is 9.53 Å². The summed E-state index contributed by atoms with van der Waals surface area (Å²) in [5, 5.41) is 0.732. The van der Waals surface area contributed by atoms with E-state index in [9.17, 15) is 4.79 Å². The van der Waals surface area contributed by atoms with Gasteiger partial charge >= 0.3 is 5.97 Å². The van der Waals surface area contributed by atoms with Gasteiger partial charge < -0.3 is 4.74 Å². The van der Waals surface area contributed by atoms with Crippen molar-refractivity contribution in [1.82, 2.24) is 9.97 Å². The first-order valence-electron chi connectivity index (χ1n) is 3.87. The summed E-state index contributed by atoms with van der Waals surface area (Å²) >= 11 is 1.32. The minimum atomic E-state index is -0.224. The average Bonchev–Trinajstić information content (AvgIpc) is 2.17. The summed E-state index contributed by atoms with van der Waals surface area (Å²) in [7, 11) is 0. The number of nitrogens with zero attached hydrogens (tertiary/aromatic N) is 2. The molecule has 0 aliphatic carbocycles. The van der Waals surface area contributed by atoms with E-state index in [4.69, 9.17) is 4.74 Å². The number of thioether (sulfide) groups is 1. The second-order valence-electron chi connectivity index (χ2n) is 2.14. The first-order chi connectivity index (χ1) is 6.33. The number of hydrogen-bond acceptors (Lipinski definition) is 5. The van der Waals surface area contributed by atoms with Crippen molar-refractivity contribution in [1.29, 1.82) is 0 Å². The molecule has 1 aromatic heterocycles. The molecule has 1 rings (SSSR count). The van der Waals surface area contributed by atoms with Crippen LogP contribution in [0.1, 0.15) is 6.92 Å². The van der Waals surface area contributed by atoms with Crippen LogP contribution in [0.5, 0.6) is 0 Å². The number of rotatable bonds is 4. The number of carbonyl (C=O) groups excluding carboxylic acids is 1. The van der Waals surface area contributed by atoms with Crippen molar-refractivity contribution in [3.63, 3.8) is 0 Å². The molecule has 0 amide bonds. The number of aromatic nitrogens is 2. The predicted octanol–water partition coefficient (Wildman–Crippen LogP) is 1.13. The van der Waals surface area contributed by atoms with Gasteiger partial charge in [-0.2, -0.15) is 0 Å². The number of esters is 1. The normalized spacial score (nSPS) is 9.62.